The molecular formula is C14H17Cl2NO3S. The van der Waals surface area contributed by atoms with E-state index in [-0.39, 0.29) is 14.9 Å². The van der Waals surface area contributed by atoms with E-state index in [9.17, 15) is 8.42 Å². The van der Waals surface area contributed by atoms with Gasteiger partial charge in [0, 0.05) is 0 Å². The summed E-state index contributed by atoms with van der Waals surface area (Å²) < 4.78 is 28.4. The zero-order valence-electron chi connectivity index (χ0n) is 11.4. The zero-order chi connectivity index (χ0) is 15.2. The number of rotatable bonds is 4. The maximum absolute atomic E-state index is 11.3. The van der Waals surface area contributed by atoms with Gasteiger partial charge in [0.15, 0.2) is 5.75 Å². The van der Waals surface area contributed by atoms with Crippen molar-refractivity contribution in [2.75, 3.05) is 6.61 Å². The summed E-state index contributed by atoms with van der Waals surface area (Å²) in [4.78, 5) is -0.107. The third kappa shape index (κ3) is 3.16. The second-order valence-electron chi connectivity index (χ2n) is 6.01. The summed E-state index contributed by atoms with van der Waals surface area (Å²) in [6, 6.07) is 2.55. The number of nitrogens with two attached hydrogens (primary N) is 1. The summed E-state index contributed by atoms with van der Waals surface area (Å²) in [6.07, 6.45) is 5.13. The van der Waals surface area contributed by atoms with Gasteiger partial charge in [-0.25, -0.2) is 13.6 Å². The van der Waals surface area contributed by atoms with Gasteiger partial charge in [-0.3, -0.25) is 0 Å². The number of ether oxygens (including phenoxy) is 1. The molecule has 0 aliphatic heterocycles. The Morgan fingerprint density at radius 3 is 2.33 bits per heavy atom. The Hall–Kier alpha value is -0.490. The molecule has 3 rings (SSSR count). The molecule has 0 heterocycles. The Morgan fingerprint density at radius 1 is 1.19 bits per heavy atom. The van der Waals surface area contributed by atoms with Crippen molar-refractivity contribution < 1.29 is 13.2 Å². The molecule has 116 valence electrons. The summed E-state index contributed by atoms with van der Waals surface area (Å²) in [6.45, 7) is 0.579. The van der Waals surface area contributed by atoms with Crippen LogP contribution in [0.3, 0.4) is 0 Å². The molecule has 1 aromatic rings. The number of primary sulfonamides is 1. The van der Waals surface area contributed by atoms with Crippen LogP contribution in [0.15, 0.2) is 17.0 Å². The average Bonchev–Trinajstić information content (AvgIpc) is 2.98. The van der Waals surface area contributed by atoms with Crippen LogP contribution in [0, 0.1) is 17.8 Å². The van der Waals surface area contributed by atoms with Gasteiger partial charge in [-0.15, -0.1) is 0 Å². The van der Waals surface area contributed by atoms with Gasteiger partial charge in [0.05, 0.1) is 21.5 Å². The van der Waals surface area contributed by atoms with Crippen molar-refractivity contribution in [3.8, 4) is 5.75 Å². The molecule has 2 saturated carbocycles. The highest BCUT2D eigenvalue weighted by atomic mass is 35.5. The fourth-order valence-electron chi connectivity index (χ4n) is 3.61. The predicted octanol–water partition coefficient (Wildman–Crippen LogP) is 3.46. The van der Waals surface area contributed by atoms with Gasteiger partial charge in [-0.1, -0.05) is 29.6 Å². The van der Waals surface area contributed by atoms with Crippen molar-refractivity contribution in [2.45, 2.75) is 30.6 Å². The minimum absolute atomic E-state index is 0.107. The lowest BCUT2D eigenvalue weighted by Crippen LogP contribution is -2.19. The molecule has 1 aromatic carbocycles. The van der Waals surface area contributed by atoms with Crippen LogP contribution in [-0.4, -0.2) is 15.0 Å². The standard InChI is InChI=1S/C14H17Cl2NO3S/c15-12-5-11(21(17,18)19)6-13(16)14(12)20-7-10-4-8-1-2-9(10)3-8/h5-6,8-10H,1-4,7H2,(H2,17,18,19). The Labute approximate surface area is 134 Å². The molecule has 4 nitrogen and oxygen atoms in total. The minimum atomic E-state index is -3.83. The van der Waals surface area contributed by atoms with E-state index in [0.29, 0.717) is 18.3 Å². The first kappa shape index (κ1) is 15.4. The molecule has 0 radical (unpaired) electrons. The summed E-state index contributed by atoms with van der Waals surface area (Å²) in [5.41, 5.74) is 0. The van der Waals surface area contributed by atoms with E-state index in [0.717, 1.165) is 11.8 Å². The van der Waals surface area contributed by atoms with Crippen LogP contribution in [0.4, 0.5) is 0 Å². The Morgan fingerprint density at radius 2 is 1.86 bits per heavy atom. The SMILES string of the molecule is NS(=O)(=O)c1cc(Cl)c(OCC2CC3CCC2C3)c(Cl)c1. The summed E-state index contributed by atoms with van der Waals surface area (Å²) in [5.74, 6) is 2.48. The molecule has 2 aliphatic rings. The van der Waals surface area contributed by atoms with Gasteiger partial charge in [0.25, 0.3) is 0 Å². The Balaban J connectivity index is 1.74. The Kier molecular flexibility index (Phi) is 4.12. The van der Waals surface area contributed by atoms with Crippen molar-refractivity contribution >= 4 is 33.2 Å². The number of benzene rings is 1. The number of sulfonamides is 1. The van der Waals surface area contributed by atoms with E-state index in [4.69, 9.17) is 33.1 Å². The van der Waals surface area contributed by atoms with Crippen LogP contribution in [0.1, 0.15) is 25.7 Å². The van der Waals surface area contributed by atoms with Crippen LogP contribution in [0.2, 0.25) is 10.0 Å². The number of halogens is 2. The number of hydrogen-bond donors (Lipinski definition) is 1. The molecule has 2 bridgehead atoms. The first-order chi connectivity index (χ1) is 9.84. The normalized spacial score (nSPS) is 28.0. The van der Waals surface area contributed by atoms with Crippen molar-refractivity contribution in [1.82, 2.24) is 0 Å². The smallest absolute Gasteiger partial charge is 0.238 e. The van der Waals surface area contributed by atoms with E-state index >= 15 is 0 Å². The average molecular weight is 350 g/mol. The topological polar surface area (TPSA) is 69.4 Å². The summed E-state index contributed by atoms with van der Waals surface area (Å²) >= 11 is 12.2. The highest BCUT2D eigenvalue weighted by Gasteiger charge is 2.39. The van der Waals surface area contributed by atoms with Crippen LogP contribution >= 0.6 is 23.2 Å². The van der Waals surface area contributed by atoms with Crippen molar-refractivity contribution in [2.24, 2.45) is 22.9 Å². The van der Waals surface area contributed by atoms with Crippen LogP contribution in [0.25, 0.3) is 0 Å². The van der Waals surface area contributed by atoms with E-state index in [2.05, 4.69) is 0 Å². The quantitative estimate of drug-likeness (QED) is 0.904. The molecule has 2 fully saturated rings. The van der Waals surface area contributed by atoms with Gasteiger partial charge in [-0.2, -0.15) is 0 Å². The fraction of sp³-hybridized carbons (Fsp3) is 0.571. The molecule has 2 N–H and O–H groups in total. The summed E-state index contributed by atoms with van der Waals surface area (Å²) in [7, 11) is -3.83. The molecule has 0 amide bonds. The molecule has 0 aromatic heterocycles. The van der Waals surface area contributed by atoms with E-state index in [1.54, 1.807) is 0 Å². The van der Waals surface area contributed by atoms with Gasteiger partial charge in [0.1, 0.15) is 0 Å². The molecule has 2 aliphatic carbocycles. The van der Waals surface area contributed by atoms with Crippen molar-refractivity contribution in [1.29, 1.82) is 0 Å². The monoisotopic (exact) mass is 349 g/mol. The van der Waals surface area contributed by atoms with Crippen LogP contribution in [-0.2, 0) is 10.0 Å². The largest absolute Gasteiger partial charge is 0.490 e. The first-order valence-electron chi connectivity index (χ1n) is 6.99. The number of fused-ring (bicyclic) bond motifs is 2. The van der Waals surface area contributed by atoms with E-state index < -0.39 is 10.0 Å². The maximum Gasteiger partial charge on any atom is 0.238 e. The van der Waals surface area contributed by atoms with Crippen molar-refractivity contribution in [3.63, 3.8) is 0 Å². The molecule has 7 heteroatoms. The maximum atomic E-state index is 11.3. The zero-order valence-corrected chi connectivity index (χ0v) is 13.7. The highest BCUT2D eigenvalue weighted by Crippen LogP contribution is 2.48. The second kappa shape index (κ2) is 5.61. The molecule has 3 unspecified atom stereocenters. The second-order valence-corrected chi connectivity index (χ2v) is 8.38. The number of hydrogen-bond acceptors (Lipinski definition) is 3. The van der Waals surface area contributed by atoms with Gasteiger partial charge >= 0.3 is 0 Å². The molecule has 21 heavy (non-hydrogen) atoms. The first-order valence-corrected chi connectivity index (χ1v) is 9.29. The lowest BCUT2D eigenvalue weighted by Gasteiger charge is -2.22. The van der Waals surface area contributed by atoms with Gasteiger partial charge in [-0.05, 0) is 49.1 Å². The summed E-state index contributed by atoms with van der Waals surface area (Å²) in [5, 5.41) is 5.42. The van der Waals surface area contributed by atoms with Crippen molar-refractivity contribution in [3.05, 3.63) is 22.2 Å². The molecule has 0 saturated heterocycles. The van der Waals surface area contributed by atoms with Crippen LogP contribution in [0.5, 0.6) is 5.75 Å². The van der Waals surface area contributed by atoms with Crippen LogP contribution < -0.4 is 9.88 Å². The highest BCUT2D eigenvalue weighted by molar-refractivity contribution is 7.89. The molecular weight excluding hydrogens is 333 g/mol. The van der Waals surface area contributed by atoms with Gasteiger partial charge in [0.2, 0.25) is 10.0 Å². The van der Waals surface area contributed by atoms with Gasteiger partial charge < -0.3 is 4.74 Å². The Bertz CT molecular complexity index is 639. The minimum Gasteiger partial charge on any atom is -0.490 e. The fourth-order valence-corrected chi connectivity index (χ4v) is 4.90. The third-order valence-corrected chi connectivity index (χ3v) is 6.08. The molecule has 0 spiro atoms. The predicted molar refractivity (Wildman–Crippen MR) is 82.3 cm³/mol. The van der Waals surface area contributed by atoms with E-state index in [1.807, 2.05) is 0 Å². The molecule has 3 atom stereocenters. The lowest BCUT2D eigenvalue weighted by atomic mass is 9.89. The van der Waals surface area contributed by atoms with E-state index in [1.165, 1.54) is 37.8 Å². The lowest BCUT2D eigenvalue weighted by molar-refractivity contribution is 0.195. The third-order valence-electron chi connectivity index (χ3n) is 4.63.